The van der Waals surface area contributed by atoms with Crippen LogP contribution in [0.1, 0.15) is 11.1 Å². The highest BCUT2D eigenvalue weighted by Crippen LogP contribution is 2.21. The summed E-state index contributed by atoms with van der Waals surface area (Å²) < 4.78 is 13.0. The first-order chi connectivity index (χ1) is 7.40. The Morgan fingerprint density at radius 3 is 2.31 bits per heavy atom. The fourth-order valence-corrected chi connectivity index (χ4v) is 1.39. The maximum absolute atomic E-state index is 13.0. The van der Waals surface area contributed by atoms with Gasteiger partial charge in [-0.05, 0) is 37.1 Å². The normalized spacial score (nSPS) is 9.69. The van der Waals surface area contributed by atoms with Crippen molar-refractivity contribution in [3.05, 3.63) is 29.1 Å². The number of carbonyl (C=O) groups excluding carboxylic acids is 1. The predicted octanol–water partition coefficient (Wildman–Crippen LogP) is 1.46. The highest BCUT2D eigenvalue weighted by atomic mass is 19.1. The van der Waals surface area contributed by atoms with Crippen LogP contribution in [0.15, 0.2) is 12.1 Å². The molecular weight excluding hydrogens is 211 g/mol. The van der Waals surface area contributed by atoms with E-state index in [1.54, 1.807) is 13.8 Å². The first-order valence-corrected chi connectivity index (χ1v) is 4.59. The van der Waals surface area contributed by atoms with Crippen molar-refractivity contribution in [2.75, 3.05) is 5.32 Å². The molecule has 16 heavy (non-hydrogen) atoms. The lowest BCUT2D eigenvalue weighted by Crippen LogP contribution is -2.38. The maximum Gasteiger partial charge on any atom is 0.318 e. The summed E-state index contributed by atoms with van der Waals surface area (Å²) in [5, 5.41) is 12.1. The second kappa shape index (κ2) is 4.61. The largest absolute Gasteiger partial charge is 0.351 e. The fourth-order valence-electron chi connectivity index (χ4n) is 1.39. The second-order valence-corrected chi connectivity index (χ2v) is 3.40. The van der Waals surface area contributed by atoms with Gasteiger partial charge >= 0.3 is 6.03 Å². The molecule has 1 aromatic carbocycles. The molecule has 86 valence electrons. The van der Waals surface area contributed by atoms with Crippen LogP contribution in [0.5, 0.6) is 0 Å². The first-order valence-electron chi connectivity index (χ1n) is 4.59. The molecule has 0 heterocycles. The molecule has 0 bridgehead atoms. The minimum absolute atomic E-state index is 0.245. The van der Waals surface area contributed by atoms with E-state index in [4.69, 9.17) is 11.1 Å². The number of primary amides is 1. The van der Waals surface area contributed by atoms with Gasteiger partial charge in [0.1, 0.15) is 5.82 Å². The summed E-state index contributed by atoms with van der Waals surface area (Å²) >= 11 is 0. The molecule has 0 saturated carbocycles. The number of amides is 2. The molecule has 1 aromatic rings. The topological polar surface area (TPSA) is 91.0 Å². The molecular formula is C10H13FN4O. The summed E-state index contributed by atoms with van der Waals surface area (Å²) in [6.45, 7) is 3.41. The summed E-state index contributed by atoms with van der Waals surface area (Å²) in [6, 6.07) is 1.86. The molecule has 0 aromatic heterocycles. The van der Waals surface area contributed by atoms with Crippen molar-refractivity contribution in [3.8, 4) is 0 Å². The number of aryl methyl sites for hydroxylation is 2. The van der Waals surface area contributed by atoms with Crippen molar-refractivity contribution in [2.24, 2.45) is 5.73 Å². The predicted molar refractivity (Wildman–Crippen MR) is 59.9 cm³/mol. The lowest BCUT2D eigenvalue weighted by atomic mass is 10.1. The average molecular weight is 224 g/mol. The highest BCUT2D eigenvalue weighted by Gasteiger charge is 2.07. The molecule has 5 nitrogen and oxygen atoms in total. The molecule has 6 heteroatoms. The zero-order valence-corrected chi connectivity index (χ0v) is 9.02. The van der Waals surface area contributed by atoms with Crippen LogP contribution in [-0.4, -0.2) is 12.0 Å². The van der Waals surface area contributed by atoms with Gasteiger partial charge in [-0.3, -0.25) is 10.7 Å². The van der Waals surface area contributed by atoms with E-state index >= 15 is 0 Å². The van der Waals surface area contributed by atoms with E-state index < -0.39 is 6.03 Å². The lowest BCUT2D eigenvalue weighted by Gasteiger charge is -2.13. The van der Waals surface area contributed by atoms with Crippen LogP contribution in [0.2, 0.25) is 0 Å². The molecule has 1 rings (SSSR count). The molecule has 0 unspecified atom stereocenters. The first kappa shape index (κ1) is 12.0. The Morgan fingerprint density at radius 1 is 1.38 bits per heavy atom. The van der Waals surface area contributed by atoms with Gasteiger partial charge in [0.2, 0.25) is 5.96 Å². The van der Waals surface area contributed by atoms with Gasteiger partial charge in [0, 0.05) is 5.69 Å². The molecule has 5 N–H and O–H groups in total. The molecule has 0 atom stereocenters. The summed E-state index contributed by atoms with van der Waals surface area (Å²) in [6.07, 6.45) is 0. The van der Waals surface area contributed by atoms with Crippen LogP contribution < -0.4 is 16.4 Å². The van der Waals surface area contributed by atoms with Crippen molar-refractivity contribution in [3.63, 3.8) is 0 Å². The maximum atomic E-state index is 13.0. The Hall–Kier alpha value is -2.11. The zero-order chi connectivity index (χ0) is 12.3. The standard InChI is InChI=1S/C10H13FN4O/c1-5-3-7(11)4-6(2)8(5)14-9(12)15-10(13)16/h3-4H,1-2H3,(H5,12,13,14,15,16). The van der Waals surface area contributed by atoms with Gasteiger partial charge in [-0.1, -0.05) is 0 Å². The van der Waals surface area contributed by atoms with Crippen LogP contribution in [0, 0.1) is 25.1 Å². The number of rotatable bonds is 1. The van der Waals surface area contributed by atoms with Crippen LogP contribution in [-0.2, 0) is 0 Å². The van der Waals surface area contributed by atoms with Crippen molar-refractivity contribution >= 4 is 17.7 Å². The SMILES string of the molecule is Cc1cc(F)cc(C)c1NC(=N)NC(N)=O. The Balaban J connectivity index is 2.89. The molecule has 0 radical (unpaired) electrons. The monoisotopic (exact) mass is 224 g/mol. The molecule has 0 saturated heterocycles. The number of nitrogens with one attached hydrogen (secondary N) is 3. The Labute approximate surface area is 92.3 Å². The van der Waals surface area contributed by atoms with Gasteiger partial charge in [0.15, 0.2) is 0 Å². The number of benzene rings is 1. The van der Waals surface area contributed by atoms with E-state index in [1.807, 2.05) is 0 Å². The average Bonchev–Trinajstić information content (AvgIpc) is 2.09. The van der Waals surface area contributed by atoms with Crippen LogP contribution >= 0.6 is 0 Å². The third-order valence-corrected chi connectivity index (χ3v) is 2.00. The summed E-state index contributed by atoms with van der Waals surface area (Å²) in [5.74, 6) is -0.583. The number of nitrogens with two attached hydrogens (primary N) is 1. The highest BCUT2D eigenvalue weighted by molar-refractivity contribution is 6.02. The lowest BCUT2D eigenvalue weighted by molar-refractivity contribution is 0.253. The summed E-state index contributed by atoms with van der Waals surface area (Å²) in [4.78, 5) is 10.5. The molecule has 0 aliphatic rings. The molecule has 0 aliphatic carbocycles. The number of anilines is 1. The van der Waals surface area contributed by atoms with E-state index in [0.717, 1.165) is 0 Å². The molecule has 0 fully saturated rings. The number of halogens is 1. The fraction of sp³-hybridized carbons (Fsp3) is 0.200. The van der Waals surface area contributed by atoms with Crippen molar-refractivity contribution in [2.45, 2.75) is 13.8 Å². The van der Waals surface area contributed by atoms with Gasteiger partial charge in [-0.2, -0.15) is 0 Å². The molecule has 0 aliphatic heterocycles. The third kappa shape index (κ3) is 2.94. The number of guanidine groups is 1. The summed E-state index contributed by atoms with van der Waals surface area (Å²) in [5.41, 5.74) is 6.73. The van der Waals surface area contributed by atoms with Gasteiger partial charge in [-0.15, -0.1) is 0 Å². The minimum atomic E-state index is -0.824. The van der Waals surface area contributed by atoms with Crippen molar-refractivity contribution in [1.29, 1.82) is 5.41 Å². The van der Waals surface area contributed by atoms with E-state index in [9.17, 15) is 9.18 Å². The van der Waals surface area contributed by atoms with Gasteiger partial charge in [0.25, 0.3) is 0 Å². The Bertz CT molecular complexity index is 421. The number of urea groups is 1. The van der Waals surface area contributed by atoms with Crippen LogP contribution in [0.3, 0.4) is 0 Å². The molecule has 2 amide bonds. The molecule has 0 spiro atoms. The quantitative estimate of drug-likeness (QED) is 0.429. The minimum Gasteiger partial charge on any atom is -0.351 e. The smallest absolute Gasteiger partial charge is 0.318 e. The van der Waals surface area contributed by atoms with E-state index in [2.05, 4.69) is 10.6 Å². The van der Waals surface area contributed by atoms with E-state index in [1.165, 1.54) is 12.1 Å². The summed E-state index contributed by atoms with van der Waals surface area (Å²) in [7, 11) is 0. The van der Waals surface area contributed by atoms with Crippen LogP contribution in [0.4, 0.5) is 14.9 Å². The number of hydrogen-bond acceptors (Lipinski definition) is 2. The van der Waals surface area contributed by atoms with Gasteiger partial charge in [-0.25, -0.2) is 9.18 Å². The van der Waals surface area contributed by atoms with E-state index in [0.29, 0.717) is 16.8 Å². The zero-order valence-electron chi connectivity index (χ0n) is 9.02. The Kier molecular flexibility index (Phi) is 3.44. The second-order valence-electron chi connectivity index (χ2n) is 3.40. The van der Waals surface area contributed by atoms with Crippen LogP contribution in [0.25, 0.3) is 0 Å². The van der Waals surface area contributed by atoms with E-state index in [-0.39, 0.29) is 11.8 Å². The number of carbonyl (C=O) groups is 1. The van der Waals surface area contributed by atoms with Gasteiger partial charge in [0.05, 0.1) is 0 Å². The van der Waals surface area contributed by atoms with Crippen molar-refractivity contribution in [1.82, 2.24) is 5.32 Å². The Morgan fingerprint density at radius 2 is 1.88 bits per heavy atom. The third-order valence-electron chi connectivity index (χ3n) is 2.00. The van der Waals surface area contributed by atoms with Crippen molar-refractivity contribution < 1.29 is 9.18 Å². The van der Waals surface area contributed by atoms with Gasteiger partial charge < -0.3 is 11.1 Å². The number of hydrogen-bond donors (Lipinski definition) is 4.